The van der Waals surface area contributed by atoms with Crippen molar-refractivity contribution < 1.29 is 29.3 Å². The first-order valence-corrected chi connectivity index (χ1v) is 12.7. The van der Waals surface area contributed by atoms with Gasteiger partial charge in [-0.3, -0.25) is 19.3 Å². The van der Waals surface area contributed by atoms with E-state index in [4.69, 9.17) is 30.3 Å². The standard InChI is InChI=1S/C21H33N5O2.2C2H4O2/c22-18-2-1-17(13-26(14-18)19-6-11-28-12-7-19)21(27)25-9-4-16(5-10-25)20-3-8-23-15-24-20;2*1-2(3)4/h3,8,15-19H,1-2,4-7,9-14,22H2;2*1H3,(H,3,4)/t17-,18+;;/m1../s1. The first kappa shape index (κ1) is 29.6. The van der Waals surface area contributed by atoms with Gasteiger partial charge in [0.2, 0.25) is 5.91 Å². The molecule has 2 atom stereocenters. The molecule has 4 heterocycles. The Hall–Kier alpha value is -2.63. The van der Waals surface area contributed by atoms with E-state index in [9.17, 15) is 4.79 Å². The second-order valence-corrected chi connectivity index (χ2v) is 9.60. The Labute approximate surface area is 213 Å². The summed E-state index contributed by atoms with van der Waals surface area (Å²) in [6.45, 7) is 7.23. The maximum Gasteiger partial charge on any atom is 0.300 e. The van der Waals surface area contributed by atoms with Crippen LogP contribution in [0.25, 0.3) is 0 Å². The van der Waals surface area contributed by atoms with E-state index in [0.29, 0.717) is 17.9 Å². The normalized spacial score (nSPS) is 23.8. The number of hydrogen-bond donors (Lipinski definition) is 3. The molecule has 3 saturated heterocycles. The Morgan fingerprint density at radius 2 is 1.58 bits per heavy atom. The lowest BCUT2D eigenvalue weighted by Gasteiger charge is -2.37. The highest BCUT2D eigenvalue weighted by atomic mass is 16.5. The summed E-state index contributed by atoms with van der Waals surface area (Å²) >= 11 is 0. The zero-order valence-electron chi connectivity index (χ0n) is 21.4. The summed E-state index contributed by atoms with van der Waals surface area (Å²) in [4.78, 5) is 44.3. The molecule has 3 aliphatic rings. The van der Waals surface area contributed by atoms with Crippen molar-refractivity contribution in [3.63, 3.8) is 0 Å². The summed E-state index contributed by atoms with van der Waals surface area (Å²) in [7, 11) is 0. The first-order chi connectivity index (χ1) is 17.2. The molecule has 3 aliphatic heterocycles. The Morgan fingerprint density at radius 3 is 2.14 bits per heavy atom. The molecule has 202 valence electrons. The number of piperidine rings is 1. The van der Waals surface area contributed by atoms with Crippen molar-refractivity contribution in [3.8, 4) is 0 Å². The quantitative estimate of drug-likeness (QED) is 0.548. The Kier molecular flexibility index (Phi) is 12.7. The number of carboxylic acid groups (broad SMARTS) is 2. The van der Waals surface area contributed by atoms with Crippen LogP contribution in [0.2, 0.25) is 0 Å². The summed E-state index contributed by atoms with van der Waals surface area (Å²) in [6, 6.07) is 2.68. The Balaban J connectivity index is 0.000000501. The number of nitrogens with two attached hydrogens (primary N) is 1. The fourth-order valence-electron chi connectivity index (χ4n) is 5.00. The fourth-order valence-corrected chi connectivity index (χ4v) is 5.00. The van der Waals surface area contributed by atoms with Crippen LogP contribution in [-0.2, 0) is 19.1 Å². The lowest BCUT2D eigenvalue weighted by molar-refractivity contribution is -0.138. The molecule has 0 unspecified atom stereocenters. The second-order valence-electron chi connectivity index (χ2n) is 9.60. The smallest absolute Gasteiger partial charge is 0.300 e. The molecule has 0 radical (unpaired) electrons. The van der Waals surface area contributed by atoms with Crippen LogP contribution in [0.5, 0.6) is 0 Å². The number of likely N-dealkylation sites (tertiary alicyclic amines) is 2. The van der Waals surface area contributed by atoms with Crippen molar-refractivity contribution in [2.45, 2.75) is 70.4 Å². The largest absolute Gasteiger partial charge is 0.481 e. The zero-order valence-corrected chi connectivity index (χ0v) is 21.4. The van der Waals surface area contributed by atoms with Gasteiger partial charge < -0.3 is 25.6 Å². The monoisotopic (exact) mass is 507 g/mol. The van der Waals surface area contributed by atoms with Gasteiger partial charge in [-0.1, -0.05) is 0 Å². The minimum Gasteiger partial charge on any atom is -0.481 e. The topological polar surface area (TPSA) is 159 Å². The molecule has 4 rings (SSSR count). The van der Waals surface area contributed by atoms with E-state index in [1.165, 1.54) is 0 Å². The van der Waals surface area contributed by atoms with Crippen LogP contribution in [0.3, 0.4) is 0 Å². The fraction of sp³-hybridized carbons (Fsp3) is 0.720. The highest BCUT2D eigenvalue weighted by Crippen LogP contribution is 2.29. The van der Waals surface area contributed by atoms with Crippen LogP contribution in [0.4, 0.5) is 0 Å². The number of carbonyl (C=O) groups excluding carboxylic acids is 1. The molecule has 3 fully saturated rings. The highest BCUT2D eigenvalue weighted by molar-refractivity contribution is 5.79. The second kappa shape index (κ2) is 15.5. The first-order valence-electron chi connectivity index (χ1n) is 12.7. The lowest BCUT2D eigenvalue weighted by atomic mass is 9.91. The summed E-state index contributed by atoms with van der Waals surface area (Å²) in [5.74, 6) is -0.826. The van der Waals surface area contributed by atoms with Crippen molar-refractivity contribution in [3.05, 3.63) is 24.3 Å². The van der Waals surface area contributed by atoms with Gasteiger partial charge in [0.1, 0.15) is 6.33 Å². The van der Waals surface area contributed by atoms with Gasteiger partial charge in [0, 0.05) is 83.1 Å². The van der Waals surface area contributed by atoms with Crippen LogP contribution in [0, 0.1) is 5.92 Å². The van der Waals surface area contributed by atoms with E-state index in [1.807, 2.05) is 6.07 Å². The molecule has 11 heteroatoms. The number of carboxylic acids is 2. The van der Waals surface area contributed by atoms with Gasteiger partial charge in [0.05, 0.1) is 5.92 Å². The van der Waals surface area contributed by atoms with Crippen molar-refractivity contribution in [2.24, 2.45) is 11.7 Å². The molecule has 0 aliphatic carbocycles. The third-order valence-corrected chi connectivity index (χ3v) is 6.70. The molecular weight excluding hydrogens is 466 g/mol. The maximum atomic E-state index is 13.3. The third kappa shape index (κ3) is 10.5. The molecule has 0 spiro atoms. The maximum absolute atomic E-state index is 13.3. The van der Waals surface area contributed by atoms with Crippen molar-refractivity contribution in [1.29, 1.82) is 0 Å². The number of nitrogens with zero attached hydrogens (tertiary/aromatic N) is 4. The molecular formula is C25H41N5O6. The summed E-state index contributed by atoms with van der Waals surface area (Å²) in [5, 5.41) is 14.8. The van der Waals surface area contributed by atoms with Crippen LogP contribution < -0.4 is 5.73 Å². The molecule has 0 bridgehead atoms. The molecule has 1 aromatic heterocycles. The van der Waals surface area contributed by atoms with E-state index in [-0.39, 0.29) is 12.0 Å². The minimum atomic E-state index is -0.833. The number of rotatable bonds is 3. The van der Waals surface area contributed by atoms with E-state index < -0.39 is 11.9 Å². The van der Waals surface area contributed by atoms with Crippen LogP contribution >= 0.6 is 0 Å². The summed E-state index contributed by atoms with van der Waals surface area (Å²) < 4.78 is 5.52. The van der Waals surface area contributed by atoms with E-state index in [1.54, 1.807) is 12.5 Å². The van der Waals surface area contributed by atoms with Crippen LogP contribution in [0.1, 0.15) is 64.0 Å². The number of carbonyl (C=O) groups is 3. The number of amides is 1. The summed E-state index contributed by atoms with van der Waals surface area (Å²) in [5.41, 5.74) is 7.45. The zero-order chi connectivity index (χ0) is 26.5. The molecule has 0 saturated carbocycles. The van der Waals surface area contributed by atoms with Gasteiger partial charge in [0.25, 0.3) is 11.9 Å². The molecule has 36 heavy (non-hydrogen) atoms. The van der Waals surface area contributed by atoms with E-state index in [0.717, 1.165) is 97.5 Å². The molecule has 1 aromatic rings. The lowest BCUT2D eigenvalue weighted by Crippen LogP contribution is -2.48. The predicted octanol–water partition coefficient (Wildman–Crippen LogP) is 1.58. The SMILES string of the molecule is CC(=O)O.CC(=O)O.N[C@H]1CC[C@@H](C(=O)N2CCC(c3ccncn3)CC2)CN(C2CCOCC2)C1. The average Bonchev–Trinajstić information content (AvgIpc) is 3.06. The summed E-state index contributed by atoms with van der Waals surface area (Å²) in [6.07, 6.45) is 9.35. The highest BCUT2D eigenvalue weighted by Gasteiger charge is 2.34. The van der Waals surface area contributed by atoms with Gasteiger partial charge in [0.15, 0.2) is 0 Å². The number of hydrogen-bond acceptors (Lipinski definition) is 8. The van der Waals surface area contributed by atoms with E-state index >= 15 is 0 Å². The number of aromatic nitrogens is 2. The Bertz CT molecular complexity index is 792. The average molecular weight is 508 g/mol. The van der Waals surface area contributed by atoms with Crippen LogP contribution in [0.15, 0.2) is 18.6 Å². The van der Waals surface area contributed by atoms with Gasteiger partial charge in [-0.15, -0.1) is 0 Å². The van der Waals surface area contributed by atoms with Crippen LogP contribution in [-0.4, -0.2) is 99.3 Å². The molecule has 4 N–H and O–H groups in total. The van der Waals surface area contributed by atoms with Gasteiger partial charge >= 0.3 is 0 Å². The molecule has 11 nitrogen and oxygen atoms in total. The predicted molar refractivity (Wildman–Crippen MR) is 133 cm³/mol. The van der Waals surface area contributed by atoms with E-state index in [2.05, 4.69) is 19.8 Å². The van der Waals surface area contributed by atoms with Gasteiger partial charge in [-0.2, -0.15) is 0 Å². The number of ether oxygens (including phenoxy) is 1. The van der Waals surface area contributed by atoms with Gasteiger partial charge in [-0.05, 0) is 44.6 Å². The van der Waals surface area contributed by atoms with Crippen molar-refractivity contribution in [2.75, 3.05) is 39.4 Å². The Morgan fingerprint density at radius 1 is 0.972 bits per heavy atom. The van der Waals surface area contributed by atoms with Crippen molar-refractivity contribution in [1.82, 2.24) is 19.8 Å². The molecule has 0 aromatic carbocycles. The van der Waals surface area contributed by atoms with Crippen molar-refractivity contribution >= 4 is 17.8 Å². The van der Waals surface area contributed by atoms with Gasteiger partial charge in [-0.25, -0.2) is 9.97 Å². The number of aliphatic carboxylic acids is 2. The minimum absolute atomic E-state index is 0.0759. The molecule has 1 amide bonds. The third-order valence-electron chi connectivity index (χ3n) is 6.70.